The number of aliphatic hydroxyl groups is 1. The Kier molecular flexibility index (Phi) is 9.01. The minimum Gasteiger partial charge on any atom is -0.491 e. The molecule has 0 aliphatic carbocycles. The fraction of sp³-hybridized carbons (Fsp3) is 0.273. The maximum Gasteiger partial charge on any atom is 0.268 e. The molecule has 10 nitrogen and oxygen atoms in total. The summed E-state index contributed by atoms with van der Waals surface area (Å²) in [4.78, 5) is 24.7. The molecule has 2 amide bonds. The minimum absolute atomic E-state index is 0.225. The van der Waals surface area contributed by atoms with Crippen LogP contribution in [0.3, 0.4) is 0 Å². The van der Waals surface area contributed by atoms with Gasteiger partial charge in [0.2, 0.25) is 6.41 Å². The summed E-state index contributed by atoms with van der Waals surface area (Å²) in [5, 5.41) is 14.9. The fourth-order valence-electron chi connectivity index (χ4n) is 2.55. The molecular weight excluding hydrogens is 414 g/mol. The van der Waals surface area contributed by atoms with Gasteiger partial charge in [0.15, 0.2) is 0 Å². The lowest BCUT2D eigenvalue weighted by molar-refractivity contribution is -0.109. The van der Waals surface area contributed by atoms with Crippen molar-refractivity contribution in [3.8, 4) is 29.0 Å². The van der Waals surface area contributed by atoms with Crippen LogP contribution in [0.2, 0.25) is 0 Å². The number of nitrogens with two attached hydrogens (primary N) is 1. The molecule has 0 saturated carbocycles. The summed E-state index contributed by atoms with van der Waals surface area (Å²) in [5.41, 5.74) is 7.01. The van der Waals surface area contributed by atoms with Crippen molar-refractivity contribution in [2.75, 3.05) is 13.7 Å². The average molecular weight is 439 g/mol. The molecular formula is C22H25N5O5. The molecule has 1 unspecified atom stereocenters. The van der Waals surface area contributed by atoms with Crippen molar-refractivity contribution in [2.45, 2.75) is 26.5 Å². The first-order valence-electron chi connectivity index (χ1n) is 9.67. The monoisotopic (exact) mass is 439 g/mol. The fourth-order valence-corrected chi connectivity index (χ4v) is 2.55. The Balaban J connectivity index is 0.000000301. The number of primary amides is 1. The standard InChI is InChI=1S/C16H15N3O3.C4H5NO.C2H5NO/c1-10(20)2-3-11-4-5-14-12(8-11)16-18-13(15(17)21)9-19(16)6-7-22-14;1-4-2-3-5-6-4;1-3-2-4/h4-5,8-10,20H,6-7H2,1H3,(H2,17,21);2-3H,1H3;2H,1H3,(H,3,4). The van der Waals surface area contributed by atoms with Crippen LogP contribution in [0.15, 0.2) is 41.2 Å². The van der Waals surface area contributed by atoms with E-state index >= 15 is 0 Å². The molecule has 2 aromatic heterocycles. The number of imidazole rings is 1. The molecule has 1 aliphatic heterocycles. The number of hydrogen-bond acceptors (Lipinski definition) is 7. The molecule has 0 fully saturated rings. The Morgan fingerprint density at radius 2 is 2.16 bits per heavy atom. The normalized spacial score (nSPS) is 11.8. The maximum absolute atomic E-state index is 11.3. The van der Waals surface area contributed by atoms with Gasteiger partial charge in [-0.15, -0.1) is 0 Å². The van der Waals surface area contributed by atoms with Gasteiger partial charge in [-0.1, -0.05) is 17.0 Å². The molecule has 0 radical (unpaired) electrons. The van der Waals surface area contributed by atoms with Crippen molar-refractivity contribution in [1.82, 2.24) is 20.0 Å². The lowest BCUT2D eigenvalue weighted by Crippen LogP contribution is -2.11. The van der Waals surface area contributed by atoms with E-state index in [1.807, 2.05) is 29.7 Å². The van der Waals surface area contributed by atoms with Crippen LogP contribution in [0.4, 0.5) is 0 Å². The zero-order valence-electron chi connectivity index (χ0n) is 18.0. The lowest BCUT2D eigenvalue weighted by atomic mass is 10.1. The number of hydrogen-bond donors (Lipinski definition) is 3. The predicted molar refractivity (Wildman–Crippen MR) is 117 cm³/mol. The smallest absolute Gasteiger partial charge is 0.268 e. The van der Waals surface area contributed by atoms with Gasteiger partial charge in [0.05, 0.1) is 18.3 Å². The molecule has 168 valence electrons. The number of nitrogens with zero attached hydrogens (tertiary/aromatic N) is 3. The van der Waals surface area contributed by atoms with Gasteiger partial charge in [-0.2, -0.15) is 0 Å². The van der Waals surface area contributed by atoms with E-state index in [1.165, 1.54) is 0 Å². The van der Waals surface area contributed by atoms with E-state index in [-0.39, 0.29) is 5.69 Å². The summed E-state index contributed by atoms with van der Waals surface area (Å²) < 4.78 is 12.1. The maximum atomic E-state index is 11.3. The van der Waals surface area contributed by atoms with Gasteiger partial charge in [0.1, 0.15) is 35.7 Å². The molecule has 0 bridgehead atoms. The van der Waals surface area contributed by atoms with E-state index in [4.69, 9.17) is 15.3 Å². The van der Waals surface area contributed by atoms with Gasteiger partial charge in [-0.25, -0.2) is 4.98 Å². The number of rotatable bonds is 2. The first kappa shape index (κ1) is 24.2. The van der Waals surface area contributed by atoms with Crippen molar-refractivity contribution in [1.29, 1.82) is 0 Å². The molecule has 10 heteroatoms. The molecule has 4 N–H and O–H groups in total. The summed E-state index contributed by atoms with van der Waals surface area (Å²) in [5.74, 6) is 7.19. The van der Waals surface area contributed by atoms with Crippen molar-refractivity contribution in [2.24, 2.45) is 5.73 Å². The van der Waals surface area contributed by atoms with Crippen molar-refractivity contribution < 1.29 is 24.0 Å². The lowest BCUT2D eigenvalue weighted by Gasteiger charge is -2.06. The number of aromatic nitrogens is 3. The Morgan fingerprint density at radius 1 is 1.41 bits per heavy atom. The van der Waals surface area contributed by atoms with Gasteiger partial charge >= 0.3 is 0 Å². The molecule has 1 aromatic carbocycles. The number of fused-ring (bicyclic) bond motifs is 3. The summed E-state index contributed by atoms with van der Waals surface area (Å²) in [7, 11) is 1.56. The van der Waals surface area contributed by atoms with E-state index in [1.54, 1.807) is 32.4 Å². The molecule has 1 aliphatic rings. The first-order valence-corrected chi connectivity index (χ1v) is 9.67. The molecule has 0 spiro atoms. The van der Waals surface area contributed by atoms with E-state index in [2.05, 4.69) is 31.8 Å². The number of aryl methyl sites for hydroxylation is 1. The van der Waals surface area contributed by atoms with Crippen LogP contribution in [0.5, 0.6) is 5.75 Å². The third-order valence-electron chi connectivity index (χ3n) is 3.95. The summed E-state index contributed by atoms with van der Waals surface area (Å²) in [6.45, 7) is 4.52. The van der Waals surface area contributed by atoms with Crippen LogP contribution in [0.1, 0.15) is 28.7 Å². The van der Waals surface area contributed by atoms with Gasteiger partial charge < -0.3 is 30.0 Å². The third-order valence-corrected chi connectivity index (χ3v) is 3.95. The van der Waals surface area contributed by atoms with E-state index < -0.39 is 12.0 Å². The first-order chi connectivity index (χ1) is 15.3. The van der Waals surface area contributed by atoms with Crippen LogP contribution in [0, 0.1) is 18.8 Å². The number of benzene rings is 1. The summed E-state index contributed by atoms with van der Waals surface area (Å²) in [6, 6.07) is 7.27. The SMILES string of the molecule is CC(O)C#Cc1ccc2c(c1)-c1nc(C(N)=O)cn1CCO2.CNC=O.Cc1ccno1. The zero-order chi connectivity index (χ0) is 23.5. The highest BCUT2D eigenvalue weighted by Gasteiger charge is 2.20. The second-order valence-corrected chi connectivity index (χ2v) is 6.54. The average Bonchev–Trinajstić information content (AvgIpc) is 3.39. The van der Waals surface area contributed by atoms with Crippen LogP contribution in [-0.2, 0) is 11.3 Å². The van der Waals surface area contributed by atoms with Gasteiger partial charge in [0.25, 0.3) is 5.91 Å². The quantitative estimate of drug-likeness (QED) is 0.401. The highest BCUT2D eigenvalue weighted by molar-refractivity contribution is 5.91. The Hall–Kier alpha value is -4.10. The number of amides is 2. The number of carbonyl (C=O) groups excluding carboxylic acids is 2. The topological polar surface area (TPSA) is 146 Å². The Morgan fingerprint density at radius 3 is 2.69 bits per heavy atom. The number of nitrogens with one attached hydrogen (secondary N) is 1. The number of ether oxygens (including phenoxy) is 1. The summed E-state index contributed by atoms with van der Waals surface area (Å²) >= 11 is 0. The van der Waals surface area contributed by atoms with E-state index in [0.717, 1.165) is 16.9 Å². The Bertz CT molecular complexity index is 1090. The highest BCUT2D eigenvalue weighted by atomic mass is 16.5. The molecule has 1 atom stereocenters. The molecule has 3 aromatic rings. The second-order valence-electron chi connectivity index (χ2n) is 6.54. The largest absolute Gasteiger partial charge is 0.491 e. The molecule has 0 saturated heterocycles. The minimum atomic E-state index is -0.696. The highest BCUT2D eigenvalue weighted by Crippen LogP contribution is 2.32. The molecule has 4 rings (SSSR count). The van der Waals surface area contributed by atoms with Gasteiger partial charge in [0, 0.05) is 24.9 Å². The predicted octanol–water partition coefficient (Wildman–Crippen LogP) is 1.12. The third kappa shape index (κ3) is 7.00. The number of aliphatic hydroxyl groups excluding tert-OH is 1. The van der Waals surface area contributed by atoms with Crippen molar-refractivity contribution in [3.63, 3.8) is 0 Å². The number of carbonyl (C=O) groups is 2. The second kappa shape index (κ2) is 11.9. The van der Waals surface area contributed by atoms with Crippen LogP contribution in [-0.4, -0.2) is 51.9 Å². The van der Waals surface area contributed by atoms with Gasteiger partial charge in [-0.05, 0) is 32.0 Å². The van der Waals surface area contributed by atoms with Gasteiger partial charge in [-0.3, -0.25) is 9.59 Å². The van der Waals surface area contributed by atoms with Crippen molar-refractivity contribution >= 4 is 12.3 Å². The Labute approximate surface area is 185 Å². The van der Waals surface area contributed by atoms with Crippen LogP contribution >= 0.6 is 0 Å². The van der Waals surface area contributed by atoms with E-state index in [9.17, 15) is 9.90 Å². The van der Waals surface area contributed by atoms with Crippen LogP contribution in [0.25, 0.3) is 11.4 Å². The zero-order valence-corrected chi connectivity index (χ0v) is 18.0. The van der Waals surface area contributed by atoms with E-state index in [0.29, 0.717) is 31.1 Å². The van der Waals surface area contributed by atoms with Crippen molar-refractivity contribution in [3.05, 3.63) is 53.7 Å². The summed E-state index contributed by atoms with van der Waals surface area (Å²) in [6.07, 6.45) is 3.18. The molecule has 3 heterocycles. The molecule has 32 heavy (non-hydrogen) atoms. The van der Waals surface area contributed by atoms with Crippen LogP contribution < -0.4 is 15.8 Å².